The Kier molecular flexibility index (Phi) is 5.21. The van der Waals surface area contributed by atoms with E-state index in [2.05, 4.69) is 15.3 Å². The Labute approximate surface area is 172 Å². The predicted molar refractivity (Wildman–Crippen MR) is 112 cm³/mol. The SMILES string of the molecule is CCOC(=O)c1cccc(Nc2c(-c3ccc(O)c(OC)c3)nc3cnccn23)c1. The van der Waals surface area contributed by atoms with Gasteiger partial charge in [-0.3, -0.25) is 9.38 Å². The maximum atomic E-state index is 12.1. The molecule has 0 bridgehead atoms. The summed E-state index contributed by atoms with van der Waals surface area (Å²) in [6, 6.07) is 12.1. The largest absolute Gasteiger partial charge is 0.504 e. The highest BCUT2D eigenvalue weighted by Crippen LogP contribution is 2.36. The molecule has 0 atom stereocenters. The molecule has 8 nitrogen and oxygen atoms in total. The number of carbonyl (C=O) groups is 1. The number of aromatic hydroxyl groups is 1. The molecule has 2 aromatic heterocycles. The van der Waals surface area contributed by atoms with E-state index in [1.807, 2.05) is 10.5 Å². The van der Waals surface area contributed by atoms with Crippen molar-refractivity contribution in [3.05, 3.63) is 66.6 Å². The van der Waals surface area contributed by atoms with Gasteiger partial charge in [-0.25, -0.2) is 9.78 Å². The third-order valence-electron chi connectivity index (χ3n) is 4.52. The molecular weight excluding hydrogens is 384 g/mol. The van der Waals surface area contributed by atoms with Crippen LogP contribution in [0.3, 0.4) is 0 Å². The second kappa shape index (κ2) is 8.12. The highest BCUT2D eigenvalue weighted by molar-refractivity contribution is 5.91. The molecule has 0 aliphatic heterocycles. The zero-order chi connectivity index (χ0) is 21.1. The topological polar surface area (TPSA) is 98.0 Å². The van der Waals surface area contributed by atoms with Gasteiger partial charge < -0.3 is 19.9 Å². The number of rotatable bonds is 6. The summed E-state index contributed by atoms with van der Waals surface area (Å²) in [7, 11) is 1.49. The molecule has 0 amide bonds. The number of esters is 1. The molecule has 0 saturated carbocycles. The molecule has 2 heterocycles. The van der Waals surface area contributed by atoms with Gasteiger partial charge in [-0.1, -0.05) is 6.07 Å². The summed E-state index contributed by atoms with van der Waals surface area (Å²) in [5, 5.41) is 13.3. The van der Waals surface area contributed by atoms with Crippen molar-refractivity contribution in [1.82, 2.24) is 14.4 Å². The number of hydrogen-bond acceptors (Lipinski definition) is 7. The number of imidazole rings is 1. The van der Waals surface area contributed by atoms with Crippen LogP contribution >= 0.6 is 0 Å². The van der Waals surface area contributed by atoms with Crippen LogP contribution in [0.1, 0.15) is 17.3 Å². The molecule has 4 aromatic rings. The Morgan fingerprint density at radius 3 is 2.90 bits per heavy atom. The first-order valence-corrected chi connectivity index (χ1v) is 9.34. The molecule has 8 heteroatoms. The second-order valence-electron chi connectivity index (χ2n) is 6.43. The Morgan fingerprint density at radius 1 is 1.23 bits per heavy atom. The monoisotopic (exact) mass is 404 g/mol. The van der Waals surface area contributed by atoms with Crippen molar-refractivity contribution >= 4 is 23.1 Å². The van der Waals surface area contributed by atoms with E-state index in [1.54, 1.807) is 61.9 Å². The highest BCUT2D eigenvalue weighted by atomic mass is 16.5. The maximum Gasteiger partial charge on any atom is 0.338 e. The third kappa shape index (κ3) is 3.62. The molecular formula is C22H20N4O4. The summed E-state index contributed by atoms with van der Waals surface area (Å²) in [6.07, 6.45) is 5.11. The number of nitrogens with zero attached hydrogens (tertiary/aromatic N) is 3. The van der Waals surface area contributed by atoms with Crippen LogP contribution in [0.25, 0.3) is 16.9 Å². The van der Waals surface area contributed by atoms with Gasteiger partial charge in [0, 0.05) is 23.6 Å². The first kappa shape index (κ1) is 19.3. The van der Waals surface area contributed by atoms with Crippen LogP contribution < -0.4 is 10.1 Å². The Balaban J connectivity index is 1.80. The van der Waals surface area contributed by atoms with Crippen LogP contribution in [-0.2, 0) is 4.74 Å². The molecule has 0 spiro atoms. The number of phenolic OH excluding ortho intramolecular Hbond substituents is 1. The molecule has 152 valence electrons. The molecule has 0 unspecified atom stereocenters. The minimum atomic E-state index is -0.382. The minimum absolute atomic E-state index is 0.0447. The lowest BCUT2D eigenvalue weighted by Crippen LogP contribution is -2.05. The molecule has 30 heavy (non-hydrogen) atoms. The van der Waals surface area contributed by atoms with Gasteiger partial charge in [0.15, 0.2) is 17.1 Å². The van der Waals surface area contributed by atoms with E-state index in [1.165, 1.54) is 7.11 Å². The fraction of sp³-hybridized carbons (Fsp3) is 0.136. The van der Waals surface area contributed by atoms with Crippen LogP contribution in [-0.4, -0.2) is 39.2 Å². The quantitative estimate of drug-likeness (QED) is 0.468. The smallest absolute Gasteiger partial charge is 0.338 e. The van der Waals surface area contributed by atoms with Crippen LogP contribution in [0.15, 0.2) is 61.1 Å². The van der Waals surface area contributed by atoms with Gasteiger partial charge in [-0.2, -0.15) is 0 Å². The van der Waals surface area contributed by atoms with Crippen molar-refractivity contribution < 1.29 is 19.4 Å². The predicted octanol–water partition coefficient (Wildman–Crippen LogP) is 4.03. The van der Waals surface area contributed by atoms with E-state index in [-0.39, 0.29) is 11.7 Å². The number of anilines is 2. The Morgan fingerprint density at radius 2 is 2.10 bits per heavy atom. The number of aromatic nitrogens is 3. The molecule has 2 aromatic carbocycles. The number of carbonyl (C=O) groups excluding carboxylic acids is 1. The number of ether oxygens (including phenoxy) is 2. The van der Waals surface area contributed by atoms with Crippen LogP contribution in [0.5, 0.6) is 11.5 Å². The van der Waals surface area contributed by atoms with Crippen molar-refractivity contribution in [2.45, 2.75) is 6.92 Å². The standard InChI is InChI=1S/C22H20N4O4/c1-3-30-22(28)15-5-4-6-16(11-15)24-21-20(25-19-13-23-9-10-26(19)21)14-7-8-17(27)18(12-14)29-2/h4-13,24,27H,3H2,1-2H3. The zero-order valence-electron chi connectivity index (χ0n) is 16.5. The van der Waals surface area contributed by atoms with Crippen molar-refractivity contribution in [2.24, 2.45) is 0 Å². The van der Waals surface area contributed by atoms with E-state index in [4.69, 9.17) is 9.47 Å². The van der Waals surface area contributed by atoms with Crippen molar-refractivity contribution in [2.75, 3.05) is 19.0 Å². The minimum Gasteiger partial charge on any atom is -0.504 e. The zero-order valence-corrected chi connectivity index (χ0v) is 16.5. The summed E-state index contributed by atoms with van der Waals surface area (Å²) in [6.45, 7) is 2.08. The van der Waals surface area contributed by atoms with E-state index in [9.17, 15) is 9.90 Å². The van der Waals surface area contributed by atoms with Crippen LogP contribution in [0, 0.1) is 0 Å². The molecule has 0 aliphatic rings. The highest BCUT2D eigenvalue weighted by Gasteiger charge is 2.17. The van der Waals surface area contributed by atoms with Crippen molar-refractivity contribution in [3.63, 3.8) is 0 Å². The Bertz CT molecular complexity index is 1220. The van der Waals surface area contributed by atoms with E-state index in [0.29, 0.717) is 40.8 Å². The van der Waals surface area contributed by atoms with Crippen LogP contribution in [0.4, 0.5) is 11.5 Å². The van der Waals surface area contributed by atoms with Gasteiger partial charge in [0.2, 0.25) is 0 Å². The average molecular weight is 404 g/mol. The molecule has 0 saturated heterocycles. The molecule has 4 rings (SSSR count). The number of hydrogen-bond donors (Lipinski definition) is 2. The second-order valence-corrected chi connectivity index (χ2v) is 6.43. The number of benzene rings is 2. The van der Waals surface area contributed by atoms with Crippen molar-refractivity contribution in [1.29, 1.82) is 0 Å². The van der Waals surface area contributed by atoms with E-state index in [0.717, 1.165) is 5.56 Å². The fourth-order valence-electron chi connectivity index (χ4n) is 3.13. The summed E-state index contributed by atoms with van der Waals surface area (Å²) in [5.41, 5.74) is 3.18. The van der Waals surface area contributed by atoms with Crippen LogP contribution in [0.2, 0.25) is 0 Å². The number of phenols is 1. The normalized spacial score (nSPS) is 10.7. The molecule has 0 aliphatic carbocycles. The molecule has 2 N–H and O–H groups in total. The van der Waals surface area contributed by atoms with E-state index < -0.39 is 0 Å². The number of nitrogens with one attached hydrogen (secondary N) is 1. The van der Waals surface area contributed by atoms with Gasteiger partial charge in [-0.05, 0) is 43.3 Å². The lowest BCUT2D eigenvalue weighted by molar-refractivity contribution is 0.0526. The number of fused-ring (bicyclic) bond motifs is 1. The first-order chi connectivity index (χ1) is 14.6. The Hall–Kier alpha value is -4.07. The van der Waals surface area contributed by atoms with Gasteiger partial charge >= 0.3 is 5.97 Å². The van der Waals surface area contributed by atoms with Gasteiger partial charge in [0.05, 0.1) is 25.5 Å². The summed E-state index contributed by atoms with van der Waals surface area (Å²) >= 11 is 0. The molecule has 0 radical (unpaired) electrons. The van der Waals surface area contributed by atoms with Gasteiger partial charge in [0.25, 0.3) is 0 Å². The van der Waals surface area contributed by atoms with Gasteiger partial charge in [0.1, 0.15) is 11.5 Å². The van der Waals surface area contributed by atoms with Crippen molar-refractivity contribution in [3.8, 4) is 22.8 Å². The summed E-state index contributed by atoms with van der Waals surface area (Å²) in [5.74, 6) is 0.689. The first-order valence-electron chi connectivity index (χ1n) is 9.34. The summed E-state index contributed by atoms with van der Waals surface area (Å²) < 4.78 is 12.2. The summed E-state index contributed by atoms with van der Waals surface area (Å²) in [4.78, 5) is 20.9. The lowest BCUT2D eigenvalue weighted by Gasteiger charge is -2.11. The third-order valence-corrected chi connectivity index (χ3v) is 4.52. The maximum absolute atomic E-state index is 12.1. The lowest BCUT2D eigenvalue weighted by atomic mass is 10.1. The van der Waals surface area contributed by atoms with Gasteiger partial charge in [-0.15, -0.1) is 0 Å². The fourth-order valence-corrected chi connectivity index (χ4v) is 3.13. The average Bonchev–Trinajstić information content (AvgIpc) is 3.13. The number of methoxy groups -OCH3 is 1. The molecule has 0 fully saturated rings. The van der Waals surface area contributed by atoms with E-state index >= 15 is 0 Å².